The van der Waals surface area contributed by atoms with Gasteiger partial charge < -0.3 is 9.84 Å². The van der Waals surface area contributed by atoms with E-state index in [9.17, 15) is 9.90 Å². The molecule has 0 aromatic rings. The molecule has 0 aromatic carbocycles. The third-order valence-electron chi connectivity index (χ3n) is 4.28. The molecule has 0 aromatic heterocycles. The van der Waals surface area contributed by atoms with Crippen LogP contribution in [0.4, 0.5) is 0 Å². The minimum Gasteiger partial charge on any atom is -0.480 e. The molecule has 19 heavy (non-hydrogen) atoms. The van der Waals surface area contributed by atoms with E-state index in [1.165, 1.54) is 0 Å². The van der Waals surface area contributed by atoms with E-state index in [4.69, 9.17) is 4.74 Å². The summed E-state index contributed by atoms with van der Waals surface area (Å²) < 4.78 is 5.03. The fourth-order valence-corrected chi connectivity index (χ4v) is 4.00. The van der Waals surface area contributed by atoms with Crippen molar-refractivity contribution in [2.75, 3.05) is 25.2 Å². The molecule has 2 saturated carbocycles. The molecule has 5 heteroatoms. The molecule has 2 N–H and O–H groups in total. The van der Waals surface area contributed by atoms with Gasteiger partial charge in [-0.15, -0.1) is 0 Å². The van der Waals surface area contributed by atoms with Crippen molar-refractivity contribution in [2.24, 2.45) is 5.92 Å². The van der Waals surface area contributed by atoms with Crippen LogP contribution in [-0.2, 0) is 9.53 Å². The molecule has 110 valence electrons. The first-order valence-corrected chi connectivity index (χ1v) is 8.42. The van der Waals surface area contributed by atoms with Gasteiger partial charge in [0.05, 0.1) is 6.61 Å². The van der Waals surface area contributed by atoms with Gasteiger partial charge in [0, 0.05) is 18.9 Å². The van der Waals surface area contributed by atoms with Crippen molar-refractivity contribution in [1.29, 1.82) is 0 Å². The molecule has 0 amide bonds. The maximum Gasteiger partial charge on any atom is 0.324 e. The Hall–Kier alpha value is -0.260. The summed E-state index contributed by atoms with van der Waals surface area (Å²) in [6, 6.07) is 0.456. The van der Waals surface area contributed by atoms with E-state index >= 15 is 0 Å². The summed E-state index contributed by atoms with van der Waals surface area (Å²) in [4.78, 5) is 11.7. The SMILES string of the molecule is COCCSCCC1CCCC1(NC1CC1)C(=O)O. The molecule has 2 rings (SSSR count). The number of rotatable bonds is 9. The number of carboxylic acids is 1. The van der Waals surface area contributed by atoms with Gasteiger partial charge in [0.25, 0.3) is 0 Å². The molecule has 2 aliphatic carbocycles. The smallest absolute Gasteiger partial charge is 0.324 e. The first-order chi connectivity index (χ1) is 9.19. The lowest BCUT2D eigenvalue weighted by Gasteiger charge is -2.32. The predicted molar refractivity (Wildman–Crippen MR) is 77.7 cm³/mol. The van der Waals surface area contributed by atoms with Crippen LogP contribution in [0, 0.1) is 5.92 Å². The zero-order valence-electron chi connectivity index (χ0n) is 11.7. The highest BCUT2D eigenvalue weighted by Crippen LogP contribution is 2.41. The van der Waals surface area contributed by atoms with Crippen LogP contribution >= 0.6 is 11.8 Å². The highest BCUT2D eigenvalue weighted by atomic mass is 32.2. The van der Waals surface area contributed by atoms with E-state index in [2.05, 4.69) is 5.32 Å². The van der Waals surface area contributed by atoms with Gasteiger partial charge in [-0.1, -0.05) is 6.42 Å². The highest BCUT2D eigenvalue weighted by molar-refractivity contribution is 7.99. The molecule has 2 aliphatic rings. The summed E-state index contributed by atoms with van der Waals surface area (Å²) in [6.45, 7) is 0.778. The zero-order valence-corrected chi connectivity index (χ0v) is 12.5. The van der Waals surface area contributed by atoms with Crippen LogP contribution in [0.2, 0.25) is 0 Å². The van der Waals surface area contributed by atoms with Gasteiger partial charge >= 0.3 is 5.97 Å². The van der Waals surface area contributed by atoms with Crippen molar-refractivity contribution >= 4 is 17.7 Å². The number of carboxylic acid groups (broad SMARTS) is 1. The largest absolute Gasteiger partial charge is 0.480 e. The lowest BCUT2D eigenvalue weighted by Crippen LogP contribution is -2.55. The molecule has 2 fully saturated rings. The molecule has 2 atom stereocenters. The van der Waals surface area contributed by atoms with Crippen LogP contribution in [0.25, 0.3) is 0 Å². The number of aliphatic carboxylic acids is 1. The van der Waals surface area contributed by atoms with Gasteiger partial charge in [0.1, 0.15) is 5.54 Å². The third-order valence-corrected chi connectivity index (χ3v) is 5.26. The van der Waals surface area contributed by atoms with Gasteiger partial charge in [-0.25, -0.2) is 0 Å². The van der Waals surface area contributed by atoms with E-state index in [1.807, 2.05) is 11.8 Å². The minimum atomic E-state index is -0.636. The lowest BCUT2D eigenvalue weighted by molar-refractivity contribution is -0.146. The Labute approximate surface area is 119 Å². The van der Waals surface area contributed by atoms with Gasteiger partial charge in [0.2, 0.25) is 0 Å². The van der Waals surface area contributed by atoms with E-state index in [0.29, 0.717) is 12.0 Å². The zero-order chi connectivity index (χ0) is 13.7. The van der Waals surface area contributed by atoms with Crippen LogP contribution < -0.4 is 5.32 Å². The van der Waals surface area contributed by atoms with Gasteiger partial charge in [-0.2, -0.15) is 11.8 Å². The van der Waals surface area contributed by atoms with E-state index in [-0.39, 0.29) is 0 Å². The van der Waals surface area contributed by atoms with Crippen molar-refractivity contribution in [2.45, 2.75) is 50.1 Å². The number of ether oxygens (including phenoxy) is 1. The maximum absolute atomic E-state index is 11.7. The molecule has 4 nitrogen and oxygen atoms in total. The quantitative estimate of drug-likeness (QED) is 0.636. The monoisotopic (exact) mass is 287 g/mol. The van der Waals surface area contributed by atoms with Gasteiger partial charge in [-0.05, 0) is 43.8 Å². The normalized spacial score (nSPS) is 30.7. The molecule has 0 radical (unpaired) electrons. The van der Waals surface area contributed by atoms with E-state index < -0.39 is 11.5 Å². The Morgan fingerprint density at radius 2 is 2.21 bits per heavy atom. The summed E-state index contributed by atoms with van der Waals surface area (Å²) in [7, 11) is 1.71. The molecule has 0 saturated heterocycles. The Bertz CT molecular complexity index is 309. The second kappa shape index (κ2) is 6.95. The number of hydrogen-bond acceptors (Lipinski definition) is 4. The molecule has 2 unspecified atom stereocenters. The van der Waals surface area contributed by atoms with Crippen molar-refractivity contribution < 1.29 is 14.6 Å². The van der Waals surface area contributed by atoms with Crippen molar-refractivity contribution in [3.8, 4) is 0 Å². The molecule has 0 spiro atoms. The Morgan fingerprint density at radius 1 is 1.42 bits per heavy atom. The molecular weight excluding hydrogens is 262 g/mol. The average molecular weight is 287 g/mol. The predicted octanol–water partition coefficient (Wildman–Crippen LogP) is 2.13. The van der Waals surface area contributed by atoms with Crippen LogP contribution in [0.3, 0.4) is 0 Å². The van der Waals surface area contributed by atoms with Gasteiger partial charge in [-0.3, -0.25) is 10.1 Å². The Balaban J connectivity index is 1.84. The molecular formula is C14H25NO3S. The van der Waals surface area contributed by atoms with Crippen LogP contribution in [0.1, 0.15) is 38.5 Å². The summed E-state index contributed by atoms with van der Waals surface area (Å²) >= 11 is 1.87. The summed E-state index contributed by atoms with van der Waals surface area (Å²) in [5.41, 5.74) is -0.636. The second-order valence-corrected chi connectivity index (χ2v) is 6.90. The van der Waals surface area contributed by atoms with Crippen LogP contribution in [0.15, 0.2) is 0 Å². The topological polar surface area (TPSA) is 58.6 Å². The Morgan fingerprint density at radius 3 is 2.84 bits per heavy atom. The second-order valence-electron chi connectivity index (χ2n) is 5.68. The first-order valence-electron chi connectivity index (χ1n) is 7.27. The number of hydrogen-bond donors (Lipinski definition) is 2. The lowest BCUT2D eigenvalue weighted by atomic mass is 9.85. The van der Waals surface area contributed by atoms with E-state index in [0.717, 1.165) is 56.6 Å². The molecule has 0 aliphatic heterocycles. The molecule has 0 heterocycles. The number of methoxy groups -OCH3 is 1. The van der Waals surface area contributed by atoms with Crippen molar-refractivity contribution in [3.05, 3.63) is 0 Å². The first kappa shape index (κ1) is 15.1. The average Bonchev–Trinajstić information content (AvgIpc) is 3.09. The number of carbonyl (C=O) groups is 1. The highest BCUT2D eigenvalue weighted by Gasteiger charge is 2.50. The van der Waals surface area contributed by atoms with Crippen LogP contribution in [-0.4, -0.2) is 47.9 Å². The van der Waals surface area contributed by atoms with Gasteiger partial charge in [0.15, 0.2) is 0 Å². The molecule has 0 bridgehead atoms. The standard InChI is InChI=1S/C14H25NO3S/c1-18-8-10-19-9-6-11-3-2-7-14(11,13(16)17)15-12-4-5-12/h11-12,15H,2-10H2,1H3,(H,16,17). The fourth-order valence-electron chi connectivity index (χ4n) is 3.06. The third kappa shape index (κ3) is 3.86. The summed E-state index contributed by atoms with van der Waals surface area (Å²) in [6.07, 6.45) is 6.18. The van der Waals surface area contributed by atoms with Crippen molar-refractivity contribution in [1.82, 2.24) is 5.32 Å². The summed E-state index contributed by atoms with van der Waals surface area (Å²) in [5.74, 6) is 1.69. The number of nitrogens with one attached hydrogen (secondary N) is 1. The van der Waals surface area contributed by atoms with E-state index in [1.54, 1.807) is 7.11 Å². The van der Waals surface area contributed by atoms with Crippen LogP contribution in [0.5, 0.6) is 0 Å². The van der Waals surface area contributed by atoms with Crippen molar-refractivity contribution in [3.63, 3.8) is 0 Å². The maximum atomic E-state index is 11.7. The minimum absolute atomic E-state index is 0.292. The fraction of sp³-hybridized carbons (Fsp3) is 0.929. The Kier molecular flexibility index (Phi) is 5.54. The summed E-state index contributed by atoms with van der Waals surface area (Å²) in [5, 5.41) is 13.1. The number of thioether (sulfide) groups is 1.